The lowest BCUT2D eigenvalue weighted by Gasteiger charge is -2.07. The molecule has 0 saturated heterocycles. The smallest absolute Gasteiger partial charge is 0.309 e. The van der Waals surface area contributed by atoms with Crippen LogP contribution >= 0.6 is 0 Å². The molecule has 0 radical (unpaired) electrons. The normalized spacial score (nSPS) is 10.8. The van der Waals surface area contributed by atoms with Crippen LogP contribution in [0.25, 0.3) is 0 Å². The molecule has 0 bridgehead atoms. The lowest BCUT2D eigenvalue weighted by molar-refractivity contribution is -0.136. The van der Waals surface area contributed by atoms with Gasteiger partial charge in [0.25, 0.3) is 0 Å². The van der Waals surface area contributed by atoms with E-state index >= 15 is 0 Å². The zero-order chi connectivity index (χ0) is 13.4. The molecular weight excluding hydrogens is 242 g/mol. The fourth-order valence-corrected chi connectivity index (χ4v) is 1.44. The summed E-state index contributed by atoms with van der Waals surface area (Å²) in [5.41, 5.74) is 1.03. The van der Waals surface area contributed by atoms with Crippen molar-refractivity contribution in [1.29, 1.82) is 0 Å². The molecule has 0 amide bonds. The van der Waals surface area contributed by atoms with Crippen molar-refractivity contribution < 1.29 is 24.5 Å². The van der Waals surface area contributed by atoms with Gasteiger partial charge < -0.3 is 19.7 Å². The second-order valence-electron chi connectivity index (χ2n) is 3.55. The molecule has 0 aliphatic rings. The Morgan fingerprint density at radius 2 is 2.22 bits per heavy atom. The number of carboxylic acid groups (broad SMARTS) is 1. The van der Waals surface area contributed by atoms with Crippen molar-refractivity contribution in [3.63, 3.8) is 0 Å². The summed E-state index contributed by atoms with van der Waals surface area (Å²) in [6, 6.07) is 0. The molecule has 0 aliphatic carbocycles. The van der Waals surface area contributed by atoms with Gasteiger partial charge in [0.2, 0.25) is 0 Å². The second-order valence-corrected chi connectivity index (χ2v) is 3.55. The highest BCUT2D eigenvalue weighted by molar-refractivity contribution is 5.69. The predicted octanol–water partition coefficient (Wildman–Crippen LogP) is -0.939. The summed E-state index contributed by atoms with van der Waals surface area (Å²) < 4.78 is 11.7. The van der Waals surface area contributed by atoms with Crippen LogP contribution in [0.2, 0.25) is 0 Å². The third-order valence-corrected chi connectivity index (χ3v) is 2.20. The van der Waals surface area contributed by atoms with Crippen molar-refractivity contribution in [2.24, 2.45) is 0 Å². The molecule has 1 heterocycles. The first kappa shape index (κ1) is 14.6. The number of carboxylic acids is 1. The Bertz CT molecular complexity index is 380. The van der Waals surface area contributed by atoms with Gasteiger partial charge in [0.1, 0.15) is 0 Å². The fourth-order valence-electron chi connectivity index (χ4n) is 1.44. The number of carbonyl (C=O) groups is 1. The molecule has 0 aromatic carbocycles. The van der Waals surface area contributed by atoms with Gasteiger partial charge in [0, 0.05) is 7.11 Å². The van der Waals surface area contributed by atoms with Gasteiger partial charge in [0.05, 0.1) is 50.8 Å². The molecule has 8 heteroatoms. The summed E-state index contributed by atoms with van der Waals surface area (Å²) >= 11 is 0. The maximum atomic E-state index is 10.7. The van der Waals surface area contributed by atoms with Crippen LogP contribution < -0.4 is 0 Å². The first-order valence-corrected chi connectivity index (χ1v) is 5.49. The number of rotatable bonds is 9. The molecule has 2 N–H and O–H groups in total. The topological polar surface area (TPSA) is 107 Å². The van der Waals surface area contributed by atoms with Gasteiger partial charge in [-0.25, -0.2) is 4.68 Å². The van der Waals surface area contributed by atoms with Crippen LogP contribution in [0, 0.1) is 0 Å². The number of aliphatic carboxylic acids is 1. The highest BCUT2D eigenvalue weighted by Crippen LogP contribution is 2.08. The molecule has 8 nitrogen and oxygen atoms in total. The third kappa shape index (κ3) is 4.40. The van der Waals surface area contributed by atoms with Crippen LogP contribution in [0.3, 0.4) is 0 Å². The Labute approximate surface area is 104 Å². The zero-order valence-corrected chi connectivity index (χ0v) is 10.2. The fraction of sp³-hybridized carbons (Fsp3) is 0.700. The number of nitrogens with zero attached hydrogens (tertiary/aromatic N) is 3. The second kappa shape index (κ2) is 7.75. The highest BCUT2D eigenvalue weighted by atomic mass is 16.5. The lowest BCUT2D eigenvalue weighted by Crippen LogP contribution is -2.13. The van der Waals surface area contributed by atoms with Crippen molar-refractivity contribution in [2.45, 2.75) is 19.6 Å². The van der Waals surface area contributed by atoms with Crippen LogP contribution in [-0.2, 0) is 33.8 Å². The van der Waals surface area contributed by atoms with E-state index < -0.39 is 5.97 Å². The van der Waals surface area contributed by atoms with Gasteiger partial charge in [0.15, 0.2) is 0 Å². The Morgan fingerprint density at radius 1 is 1.44 bits per heavy atom. The third-order valence-electron chi connectivity index (χ3n) is 2.20. The van der Waals surface area contributed by atoms with E-state index in [9.17, 15) is 4.79 Å². The van der Waals surface area contributed by atoms with Gasteiger partial charge in [-0.05, 0) is 0 Å². The minimum Gasteiger partial charge on any atom is -0.481 e. The number of aliphatic hydroxyl groups excluding tert-OH is 1. The number of methoxy groups -OCH3 is 1. The number of ether oxygens (including phenoxy) is 2. The van der Waals surface area contributed by atoms with Gasteiger partial charge in [-0.1, -0.05) is 5.21 Å². The van der Waals surface area contributed by atoms with Crippen molar-refractivity contribution >= 4 is 5.97 Å². The summed E-state index contributed by atoms with van der Waals surface area (Å²) in [5, 5.41) is 25.0. The Kier molecular flexibility index (Phi) is 6.26. The van der Waals surface area contributed by atoms with Gasteiger partial charge >= 0.3 is 5.97 Å². The zero-order valence-electron chi connectivity index (χ0n) is 10.2. The van der Waals surface area contributed by atoms with Gasteiger partial charge in [-0.2, -0.15) is 0 Å². The Balaban J connectivity index is 2.65. The molecule has 0 aliphatic heterocycles. The summed E-state index contributed by atoms with van der Waals surface area (Å²) in [7, 11) is 1.52. The SMILES string of the molecule is COCc1c(CC(=O)O)nnn1CCOCCO. The summed E-state index contributed by atoms with van der Waals surface area (Å²) in [6.45, 7) is 1.27. The van der Waals surface area contributed by atoms with E-state index in [1.807, 2.05) is 0 Å². The maximum absolute atomic E-state index is 10.7. The minimum atomic E-state index is -0.962. The molecule has 0 spiro atoms. The van der Waals surface area contributed by atoms with Gasteiger partial charge in [-0.3, -0.25) is 4.79 Å². The molecule has 0 fully saturated rings. The quantitative estimate of drug-likeness (QED) is 0.551. The number of aliphatic hydroxyl groups is 1. The average Bonchev–Trinajstić information content (AvgIpc) is 2.68. The van der Waals surface area contributed by atoms with E-state index in [1.54, 1.807) is 4.68 Å². The van der Waals surface area contributed by atoms with Gasteiger partial charge in [-0.15, -0.1) is 5.10 Å². The van der Waals surface area contributed by atoms with E-state index in [4.69, 9.17) is 19.7 Å². The standard InChI is InChI=1S/C10H17N3O5/c1-17-7-9-8(6-10(15)16)11-12-13(9)2-4-18-5-3-14/h14H,2-7H2,1H3,(H,15,16). The number of hydrogen-bond donors (Lipinski definition) is 2. The van der Waals surface area contributed by atoms with E-state index in [1.165, 1.54) is 7.11 Å². The van der Waals surface area contributed by atoms with Crippen LogP contribution in [0.4, 0.5) is 0 Å². The van der Waals surface area contributed by atoms with Crippen LogP contribution in [0.15, 0.2) is 0 Å². The van der Waals surface area contributed by atoms with Crippen molar-refractivity contribution in [1.82, 2.24) is 15.0 Å². The largest absolute Gasteiger partial charge is 0.481 e. The first-order valence-electron chi connectivity index (χ1n) is 5.49. The molecule has 0 unspecified atom stereocenters. The summed E-state index contributed by atoms with van der Waals surface area (Å²) in [4.78, 5) is 10.7. The molecule has 0 saturated carbocycles. The highest BCUT2D eigenvalue weighted by Gasteiger charge is 2.15. The molecule has 1 aromatic rings. The van der Waals surface area contributed by atoms with Crippen LogP contribution in [0.5, 0.6) is 0 Å². The van der Waals surface area contributed by atoms with Crippen LogP contribution in [-0.4, -0.2) is 58.1 Å². The van der Waals surface area contributed by atoms with Crippen LogP contribution in [0.1, 0.15) is 11.4 Å². The first-order chi connectivity index (χ1) is 8.69. The summed E-state index contributed by atoms with van der Waals surface area (Å²) in [6.07, 6.45) is -0.184. The van der Waals surface area contributed by atoms with E-state index in [2.05, 4.69) is 10.3 Å². The lowest BCUT2D eigenvalue weighted by atomic mass is 10.2. The predicted molar refractivity (Wildman–Crippen MR) is 60.0 cm³/mol. The number of hydrogen-bond acceptors (Lipinski definition) is 6. The van der Waals surface area contributed by atoms with E-state index in [0.29, 0.717) is 24.5 Å². The minimum absolute atomic E-state index is 0.0352. The molecule has 1 aromatic heterocycles. The average molecular weight is 259 g/mol. The van der Waals surface area contributed by atoms with Crippen molar-refractivity contribution in [3.05, 3.63) is 11.4 Å². The molecule has 102 valence electrons. The molecule has 18 heavy (non-hydrogen) atoms. The monoisotopic (exact) mass is 259 g/mol. The molecule has 0 atom stereocenters. The van der Waals surface area contributed by atoms with Crippen molar-refractivity contribution in [2.75, 3.05) is 26.9 Å². The summed E-state index contributed by atoms with van der Waals surface area (Å²) in [5.74, 6) is -0.962. The molecule has 1 rings (SSSR count). The maximum Gasteiger partial charge on any atom is 0.309 e. The van der Waals surface area contributed by atoms with E-state index in [0.717, 1.165) is 0 Å². The van der Waals surface area contributed by atoms with Crippen molar-refractivity contribution in [3.8, 4) is 0 Å². The Hall–Kier alpha value is -1.51. The molecular formula is C10H17N3O5. The van der Waals surface area contributed by atoms with E-state index in [-0.39, 0.29) is 26.2 Å². The number of aromatic nitrogens is 3. The Morgan fingerprint density at radius 3 is 2.83 bits per heavy atom.